The zero-order valence-corrected chi connectivity index (χ0v) is 6.38. The summed E-state index contributed by atoms with van der Waals surface area (Å²) in [5, 5.41) is 10.1. The van der Waals surface area contributed by atoms with Crippen molar-refractivity contribution in [3.63, 3.8) is 0 Å². The van der Waals surface area contributed by atoms with Crippen LogP contribution >= 0.6 is 0 Å². The molecule has 0 fully saturated rings. The monoisotopic (exact) mass is 210 g/mol. The molecule has 1 aromatic rings. The van der Waals surface area contributed by atoms with Crippen molar-refractivity contribution < 1.29 is 22.5 Å². The molecule has 0 aromatic carbocycles. The molecule has 0 spiro atoms. The van der Waals surface area contributed by atoms with Gasteiger partial charge in [0.15, 0.2) is 5.56 Å². The van der Waals surface area contributed by atoms with Gasteiger partial charge in [0.2, 0.25) is 0 Å². The average molecular weight is 210 g/mol. The lowest BCUT2D eigenvalue weighted by atomic mass is 10.2. The maximum Gasteiger partial charge on any atom is 0.427 e. The van der Waals surface area contributed by atoms with E-state index in [0.717, 1.165) is 0 Å². The van der Waals surface area contributed by atoms with Gasteiger partial charge in [-0.3, -0.25) is 0 Å². The highest BCUT2D eigenvalue weighted by Crippen LogP contribution is 2.36. The molecule has 14 heavy (non-hydrogen) atoms. The van der Waals surface area contributed by atoms with Gasteiger partial charge in [-0.15, -0.1) is 0 Å². The zero-order valence-electron chi connectivity index (χ0n) is 6.38. The molecule has 0 amide bonds. The first kappa shape index (κ1) is 10.4. The summed E-state index contributed by atoms with van der Waals surface area (Å²) in [4.78, 5) is 11.6. The molecule has 0 aliphatic rings. The second kappa shape index (κ2) is 3.20. The van der Waals surface area contributed by atoms with Gasteiger partial charge in [0.05, 0.1) is 0 Å². The number of alkyl halides is 3. The smallest absolute Gasteiger partial charge is 0.358 e. The highest BCUT2D eigenvalue weighted by Gasteiger charge is 2.42. The Balaban J connectivity index is 3.45. The predicted octanol–water partition coefficient (Wildman–Crippen LogP) is 2.15. The third-order valence-corrected chi connectivity index (χ3v) is 1.34. The van der Waals surface area contributed by atoms with Crippen LogP contribution in [0.3, 0.4) is 0 Å². The van der Waals surface area contributed by atoms with Crippen LogP contribution in [0.1, 0.15) is 5.56 Å². The SMILES string of the molecule is O=[N+]([O-])c1nccc(F)c1C(F)(F)F. The molecule has 0 bridgehead atoms. The van der Waals surface area contributed by atoms with E-state index in [0.29, 0.717) is 12.3 Å². The Morgan fingerprint density at radius 1 is 1.43 bits per heavy atom. The van der Waals surface area contributed by atoms with Gasteiger partial charge in [0.25, 0.3) is 0 Å². The van der Waals surface area contributed by atoms with Gasteiger partial charge < -0.3 is 10.1 Å². The van der Waals surface area contributed by atoms with Crippen molar-refractivity contribution >= 4 is 5.82 Å². The summed E-state index contributed by atoms with van der Waals surface area (Å²) in [6.45, 7) is 0. The van der Waals surface area contributed by atoms with E-state index >= 15 is 0 Å². The molecule has 4 nitrogen and oxygen atoms in total. The first-order valence-electron chi connectivity index (χ1n) is 3.20. The van der Waals surface area contributed by atoms with Gasteiger partial charge in [-0.2, -0.15) is 13.2 Å². The summed E-state index contributed by atoms with van der Waals surface area (Å²) in [6, 6.07) is 0.413. The molecule has 0 atom stereocenters. The van der Waals surface area contributed by atoms with Crippen molar-refractivity contribution in [2.24, 2.45) is 0 Å². The molecular weight excluding hydrogens is 208 g/mol. The fourth-order valence-electron chi connectivity index (χ4n) is 0.829. The van der Waals surface area contributed by atoms with Crippen molar-refractivity contribution in [2.75, 3.05) is 0 Å². The number of hydrogen-bond donors (Lipinski definition) is 0. The highest BCUT2D eigenvalue weighted by atomic mass is 19.4. The van der Waals surface area contributed by atoms with E-state index < -0.39 is 28.3 Å². The van der Waals surface area contributed by atoms with Crippen molar-refractivity contribution in [1.29, 1.82) is 0 Å². The van der Waals surface area contributed by atoms with Crippen LogP contribution in [0.2, 0.25) is 0 Å². The van der Waals surface area contributed by atoms with E-state index in [1.165, 1.54) is 0 Å². The van der Waals surface area contributed by atoms with Gasteiger partial charge in [0, 0.05) is 6.07 Å². The molecular formula is C6H2F4N2O2. The van der Waals surface area contributed by atoms with Crippen LogP contribution in [0.4, 0.5) is 23.4 Å². The molecule has 76 valence electrons. The van der Waals surface area contributed by atoms with E-state index in [2.05, 4.69) is 4.98 Å². The number of hydrogen-bond acceptors (Lipinski definition) is 3. The van der Waals surface area contributed by atoms with E-state index in [1.54, 1.807) is 0 Å². The lowest BCUT2D eigenvalue weighted by molar-refractivity contribution is -0.393. The minimum atomic E-state index is -5.12. The molecule has 0 radical (unpaired) electrons. The number of halogens is 4. The lowest BCUT2D eigenvalue weighted by Crippen LogP contribution is -2.12. The number of nitrogens with zero attached hydrogens (tertiary/aromatic N) is 2. The van der Waals surface area contributed by atoms with Crippen LogP contribution in [0.5, 0.6) is 0 Å². The Labute approximate surface area is 74.3 Å². The Bertz CT molecular complexity index is 377. The first-order chi connectivity index (χ1) is 6.34. The minimum Gasteiger partial charge on any atom is -0.358 e. The Kier molecular flexibility index (Phi) is 2.37. The number of pyridine rings is 1. The van der Waals surface area contributed by atoms with Gasteiger partial charge in [-0.05, 0) is 9.91 Å². The Hall–Kier alpha value is -1.73. The van der Waals surface area contributed by atoms with Crippen LogP contribution in [-0.4, -0.2) is 9.91 Å². The highest BCUT2D eigenvalue weighted by molar-refractivity contribution is 5.35. The summed E-state index contributed by atoms with van der Waals surface area (Å²) in [7, 11) is 0. The molecule has 0 N–H and O–H groups in total. The molecule has 0 unspecified atom stereocenters. The number of aromatic nitrogens is 1. The molecule has 1 rings (SSSR count). The second-order valence-corrected chi connectivity index (χ2v) is 2.25. The quantitative estimate of drug-likeness (QED) is 0.405. The summed E-state index contributed by atoms with van der Waals surface area (Å²) in [5.41, 5.74) is -1.95. The van der Waals surface area contributed by atoms with E-state index in [4.69, 9.17) is 0 Å². The molecule has 1 aromatic heterocycles. The maximum absolute atomic E-state index is 12.6. The molecule has 0 aliphatic carbocycles. The summed E-state index contributed by atoms with van der Waals surface area (Å²) in [5.74, 6) is -3.24. The predicted molar refractivity (Wildman–Crippen MR) is 35.9 cm³/mol. The van der Waals surface area contributed by atoms with Crippen molar-refractivity contribution in [1.82, 2.24) is 4.98 Å². The maximum atomic E-state index is 12.6. The molecule has 0 saturated carbocycles. The lowest BCUT2D eigenvalue weighted by Gasteiger charge is -2.06. The summed E-state index contributed by atoms with van der Waals surface area (Å²) < 4.78 is 48.9. The largest absolute Gasteiger partial charge is 0.427 e. The van der Waals surface area contributed by atoms with Crippen LogP contribution in [0.15, 0.2) is 12.3 Å². The number of nitro groups is 1. The van der Waals surface area contributed by atoms with Gasteiger partial charge in [-0.1, -0.05) is 0 Å². The summed E-state index contributed by atoms with van der Waals surface area (Å²) >= 11 is 0. The van der Waals surface area contributed by atoms with Crippen LogP contribution in [-0.2, 0) is 6.18 Å². The normalized spacial score (nSPS) is 11.4. The van der Waals surface area contributed by atoms with E-state index in [1.807, 2.05) is 0 Å². The Morgan fingerprint density at radius 3 is 2.36 bits per heavy atom. The minimum absolute atomic E-state index is 0.413. The van der Waals surface area contributed by atoms with E-state index in [9.17, 15) is 27.7 Å². The van der Waals surface area contributed by atoms with Crippen molar-refractivity contribution in [2.45, 2.75) is 6.18 Å². The average Bonchev–Trinajstić information content (AvgIpc) is 2.01. The van der Waals surface area contributed by atoms with Gasteiger partial charge in [-0.25, -0.2) is 4.39 Å². The molecule has 1 heterocycles. The third kappa shape index (κ3) is 1.78. The second-order valence-electron chi connectivity index (χ2n) is 2.25. The van der Waals surface area contributed by atoms with Crippen molar-refractivity contribution in [3.05, 3.63) is 33.8 Å². The van der Waals surface area contributed by atoms with Gasteiger partial charge in [0.1, 0.15) is 12.0 Å². The Morgan fingerprint density at radius 2 is 2.00 bits per heavy atom. The fourth-order valence-corrected chi connectivity index (χ4v) is 0.829. The fraction of sp³-hybridized carbons (Fsp3) is 0.167. The van der Waals surface area contributed by atoms with Crippen LogP contribution in [0.25, 0.3) is 0 Å². The molecule has 0 saturated heterocycles. The van der Waals surface area contributed by atoms with Crippen LogP contribution < -0.4 is 0 Å². The standard InChI is InChI=1S/C6H2F4N2O2/c7-3-1-2-11-5(12(13)14)4(3)6(8,9)10/h1-2H. The first-order valence-corrected chi connectivity index (χ1v) is 3.20. The third-order valence-electron chi connectivity index (χ3n) is 1.34. The topological polar surface area (TPSA) is 56.0 Å². The van der Waals surface area contributed by atoms with Crippen LogP contribution in [0, 0.1) is 15.9 Å². The molecule has 0 aliphatic heterocycles. The van der Waals surface area contributed by atoms with Crippen molar-refractivity contribution in [3.8, 4) is 0 Å². The summed E-state index contributed by atoms with van der Waals surface area (Å²) in [6.07, 6.45) is -4.52. The van der Waals surface area contributed by atoms with Gasteiger partial charge >= 0.3 is 12.0 Å². The zero-order chi connectivity index (χ0) is 10.9. The van der Waals surface area contributed by atoms with E-state index in [-0.39, 0.29) is 0 Å². The number of rotatable bonds is 1. The molecule has 8 heteroatoms.